The molecule has 1 heterocycles. The van der Waals surface area contributed by atoms with Crippen molar-refractivity contribution in [2.75, 3.05) is 0 Å². The van der Waals surface area contributed by atoms with E-state index in [0.29, 0.717) is 12.3 Å². The molecule has 0 aliphatic heterocycles. The number of hydrogen-bond acceptors (Lipinski definition) is 2. The van der Waals surface area contributed by atoms with Crippen LogP contribution in [0.15, 0.2) is 22.8 Å². The average Bonchev–Trinajstić information content (AvgIpc) is 2.89. The Labute approximate surface area is 110 Å². The van der Waals surface area contributed by atoms with E-state index in [0.717, 1.165) is 11.7 Å². The van der Waals surface area contributed by atoms with Gasteiger partial charge in [-0.25, -0.2) is 0 Å². The summed E-state index contributed by atoms with van der Waals surface area (Å²) in [6.07, 6.45) is 11.2. The Hall–Kier alpha value is -0.760. The highest BCUT2D eigenvalue weighted by molar-refractivity contribution is 5.00. The van der Waals surface area contributed by atoms with Crippen LogP contribution in [-0.2, 0) is 6.42 Å². The van der Waals surface area contributed by atoms with Crippen LogP contribution in [0.2, 0.25) is 0 Å². The second kappa shape index (κ2) is 6.98. The third-order valence-electron chi connectivity index (χ3n) is 4.39. The van der Waals surface area contributed by atoms with E-state index in [-0.39, 0.29) is 6.10 Å². The van der Waals surface area contributed by atoms with Gasteiger partial charge in [0.25, 0.3) is 0 Å². The van der Waals surface area contributed by atoms with Gasteiger partial charge < -0.3 is 9.52 Å². The number of aliphatic hydroxyl groups excluding tert-OH is 1. The molecule has 2 rings (SSSR count). The van der Waals surface area contributed by atoms with E-state index in [1.54, 1.807) is 6.26 Å². The topological polar surface area (TPSA) is 33.4 Å². The Morgan fingerprint density at radius 3 is 2.72 bits per heavy atom. The van der Waals surface area contributed by atoms with Crippen LogP contribution in [0.25, 0.3) is 0 Å². The Bertz CT molecular complexity index is 310. The molecule has 102 valence electrons. The first kappa shape index (κ1) is 13.7. The van der Waals surface area contributed by atoms with E-state index in [1.807, 2.05) is 12.1 Å². The minimum Gasteiger partial charge on any atom is -0.469 e. The minimum atomic E-state index is -0.219. The molecule has 18 heavy (non-hydrogen) atoms. The molecule has 0 aromatic carbocycles. The number of furan rings is 1. The fourth-order valence-electron chi connectivity index (χ4n) is 3.16. The molecule has 0 spiro atoms. The lowest BCUT2D eigenvalue weighted by atomic mass is 9.77. The highest BCUT2D eigenvalue weighted by Gasteiger charge is 2.26. The van der Waals surface area contributed by atoms with E-state index < -0.39 is 0 Å². The number of rotatable bonds is 6. The molecular formula is C16H26O2. The van der Waals surface area contributed by atoms with Gasteiger partial charge in [-0.3, -0.25) is 0 Å². The quantitative estimate of drug-likeness (QED) is 0.821. The normalized spacial score (nSPS) is 26.1. The third kappa shape index (κ3) is 3.88. The molecular weight excluding hydrogens is 224 g/mol. The van der Waals surface area contributed by atoms with Gasteiger partial charge in [0.2, 0.25) is 0 Å². The molecule has 2 nitrogen and oxygen atoms in total. The summed E-state index contributed by atoms with van der Waals surface area (Å²) in [5.74, 6) is 2.31. The highest BCUT2D eigenvalue weighted by atomic mass is 16.3. The monoisotopic (exact) mass is 250 g/mol. The Morgan fingerprint density at radius 1 is 1.33 bits per heavy atom. The van der Waals surface area contributed by atoms with E-state index >= 15 is 0 Å². The summed E-state index contributed by atoms with van der Waals surface area (Å²) in [4.78, 5) is 0. The van der Waals surface area contributed by atoms with Crippen molar-refractivity contribution in [3.8, 4) is 0 Å². The molecule has 1 fully saturated rings. The van der Waals surface area contributed by atoms with Crippen LogP contribution in [-0.4, -0.2) is 11.2 Å². The van der Waals surface area contributed by atoms with Gasteiger partial charge >= 0.3 is 0 Å². The molecule has 1 aromatic rings. The van der Waals surface area contributed by atoms with Crippen LogP contribution in [0.3, 0.4) is 0 Å². The van der Waals surface area contributed by atoms with Gasteiger partial charge in [0.05, 0.1) is 12.4 Å². The number of hydrogen-bond donors (Lipinski definition) is 1. The van der Waals surface area contributed by atoms with Crippen LogP contribution in [0.5, 0.6) is 0 Å². The fourth-order valence-corrected chi connectivity index (χ4v) is 3.16. The van der Waals surface area contributed by atoms with Gasteiger partial charge in [0.15, 0.2) is 0 Å². The Morgan fingerprint density at radius 2 is 2.11 bits per heavy atom. The summed E-state index contributed by atoms with van der Waals surface area (Å²) in [6.45, 7) is 2.26. The molecule has 1 aliphatic rings. The smallest absolute Gasteiger partial charge is 0.106 e. The Balaban J connectivity index is 1.72. The van der Waals surface area contributed by atoms with Gasteiger partial charge in [-0.15, -0.1) is 0 Å². The molecule has 1 N–H and O–H groups in total. The molecule has 1 aromatic heterocycles. The average molecular weight is 250 g/mol. The first-order valence-electron chi connectivity index (χ1n) is 7.50. The molecule has 0 bridgehead atoms. The van der Waals surface area contributed by atoms with Gasteiger partial charge in [-0.05, 0) is 36.8 Å². The predicted octanol–water partition coefficient (Wildman–Crippen LogP) is 4.18. The van der Waals surface area contributed by atoms with E-state index in [4.69, 9.17) is 4.42 Å². The van der Waals surface area contributed by atoms with Crippen molar-refractivity contribution in [3.05, 3.63) is 24.2 Å². The van der Waals surface area contributed by atoms with Gasteiger partial charge in [-0.2, -0.15) is 0 Å². The molecule has 1 atom stereocenters. The lowest BCUT2D eigenvalue weighted by Gasteiger charge is -2.31. The van der Waals surface area contributed by atoms with Crippen molar-refractivity contribution in [2.45, 2.75) is 64.4 Å². The van der Waals surface area contributed by atoms with Crippen molar-refractivity contribution >= 4 is 0 Å². The van der Waals surface area contributed by atoms with Crippen LogP contribution in [0.1, 0.15) is 57.6 Å². The lowest BCUT2D eigenvalue weighted by molar-refractivity contribution is 0.0686. The Kier molecular flexibility index (Phi) is 5.30. The fraction of sp³-hybridized carbons (Fsp3) is 0.750. The summed E-state index contributed by atoms with van der Waals surface area (Å²) in [5, 5.41) is 10.2. The van der Waals surface area contributed by atoms with Crippen LogP contribution < -0.4 is 0 Å². The first-order valence-corrected chi connectivity index (χ1v) is 7.50. The summed E-state index contributed by atoms with van der Waals surface area (Å²) >= 11 is 0. The van der Waals surface area contributed by atoms with Crippen molar-refractivity contribution in [2.24, 2.45) is 11.8 Å². The minimum absolute atomic E-state index is 0.219. The van der Waals surface area contributed by atoms with Gasteiger partial charge in [-0.1, -0.05) is 39.0 Å². The van der Waals surface area contributed by atoms with Crippen LogP contribution in [0, 0.1) is 11.8 Å². The van der Waals surface area contributed by atoms with E-state index in [2.05, 4.69) is 6.92 Å². The predicted molar refractivity (Wildman–Crippen MR) is 73.4 cm³/mol. The zero-order valence-corrected chi connectivity index (χ0v) is 11.5. The zero-order chi connectivity index (χ0) is 12.8. The van der Waals surface area contributed by atoms with Crippen LogP contribution >= 0.6 is 0 Å². The van der Waals surface area contributed by atoms with Crippen LogP contribution in [0.4, 0.5) is 0 Å². The first-order chi connectivity index (χ1) is 8.79. The van der Waals surface area contributed by atoms with Gasteiger partial charge in [0, 0.05) is 6.42 Å². The summed E-state index contributed by atoms with van der Waals surface area (Å²) in [6, 6.07) is 3.85. The summed E-state index contributed by atoms with van der Waals surface area (Å²) in [5.41, 5.74) is 0. The zero-order valence-electron chi connectivity index (χ0n) is 11.5. The largest absolute Gasteiger partial charge is 0.469 e. The second-order valence-electron chi connectivity index (χ2n) is 5.77. The number of aliphatic hydroxyl groups is 1. The van der Waals surface area contributed by atoms with Crippen molar-refractivity contribution in [1.29, 1.82) is 0 Å². The van der Waals surface area contributed by atoms with Crippen molar-refractivity contribution in [3.63, 3.8) is 0 Å². The van der Waals surface area contributed by atoms with Crippen molar-refractivity contribution < 1.29 is 9.52 Å². The molecule has 2 heteroatoms. The lowest BCUT2D eigenvalue weighted by Crippen LogP contribution is -2.27. The second-order valence-corrected chi connectivity index (χ2v) is 5.77. The van der Waals surface area contributed by atoms with E-state index in [9.17, 15) is 5.11 Å². The summed E-state index contributed by atoms with van der Waals surface area (Å²) < 4.78 is 5.31. The van der Waals surface area contributed by atoms with Gasteiger partial charge in [0.1, 0.15) is 5.76 Å². The maximum Gasteiger partial charge on any atom is 0.106 e. The molecule has 1 unspecified atom stereocenters. The molecule has 1 aliphatic carbocycles. The molecule has 0 amide bonds. The number of unbranched alkanes of at least 4 members (excludes halogenated alkanes) is 1. The molecule has 0 saturated heterocycles. The molecule has 1 saturated carbocycles. The molecule has 0 radical (unpaired) electrons. The summed E-state index contributed by atoms with van der Waals surface area (Å²) in [7, 11) is 0. The third-order valence-corrected chi connectivity index (χ3v) is 4.39. The van der Waals surface area contributed by atoms with E-state index in [1.165, 1.54) is 44.9 Å². The standard InChI is InChI=1S/C16H26O2/c1-2-3-5-13-7-9-14(10-8-13)16(17)12-15-6-4-11-18-15/h4,6,11,13-14,16-17H,2-3,5,7-10,12H2,1H3. The maximum atomic E-state index is 10.2. The van der Waals surface area contributed by atoms with Crippen molar-refractivity contribution in [1.82, 2.24) is 0 Å². The highest BCUT2D eigenvalue weighted by Crippen LogP contribution is 2.34. The SMILES string of the molecule is CCCCC1CCC(C(O)Cc2ccco2)CC1. The maximum absolute atomic E-state index is 10.2.